The molecule has 0 saturated heterocycles. The van der Waals surface area contributed by atoms with Gasteiger partial charge in [-0.2, -0.15) is 0 Å². The summed E-state index contributed by atoms with van der Waals surface area (Å²) in [5.74, 6) is 0.839. The summed E-state index contributed by atoms with van der Waals surface area (Å²) >= 11 is 0. The number of carbonyl (C=O) groups excluding carboxylic acids is 2. The summed E-state index contributed by atoms with van der Waals surface area (Å²) < 4.78 is 22.9. The number of carbonyl (C=O) groups is 2. The summed E-state index contributed by atoms with van der Waals surface area (Å²) in [4.78, 5) is 25.0. The molecule has 0 fully saturated rings. The molecule has 0 aliphatic carbocycles. The quantitative estimate of drug-likeness (QED) is 0.425. The molecule has 2 aromatic heterocycles. The van der Waals surface area contributed by atoms with E-state index in [4.69, 9.17) is 18.6 Å². The molecule has 0 saturated carbocycles. The van der Waals surface area contributed by atoms with Crippen LogP contribution < -0.4 is 9.47 Å². The van der Waals surface area contributed by atoms with Crippen molar-refractivity contribution in [2.75, 3.05) is 20.8 Å². The molecule has 7 nitrogen and oxygen atoms in total. The molecular weight excluding hydrogens is 374 g/mol. The van der Waals surface area contributed by atoms with E-state index in [1.54, 1.807) is 24.5 Å². The van der Waals surface area contributed by atoms with E-state index >= 15 is 0 Å². The molecule has 3 rings (SSSR count). The van der Waals surface area contributed by atoms with Crippen LogP contribution in [0.5, 0.6) is 11.5 Å². The summed E-state index contributed by atoms with van der Waals surface area (Å²) in [6.45, 7) is 3.96. The van der Waals surface area contributed by atoms with E-state index in [1.807, 2.05) is 30.5 Å². The highest BCUT2D eigenvalue weighted by Gasteiger charge is 2.19. The van der Waals surface area contributed by atoms with E-state index in [9.17, 15) is 9.59 Å². The third-order valence-corrected chi connectivity index (χ3v) is 4.72. The Kier molecular flexibility index (Phi) is 6.07. The van der Waals surface area contributed by atoms with Crippen molar-refractivity contribution in [3.8, 4) is 11.5 Å². The predicted molar refractivity (Wildman–Crippen MR) is 106 cm³/mol. The number of aryl methyl sites for hydroxylation is 1. The van der Waals surface area contributed by atoms with Gasteiger partial charge >= 0.3 is 5.97 Å². The van der Waals surface area contributed by atoms with E-state index in [1.165, 1.54) is 20.3 Å². The zero-order valence-electron chi connectivity index (χ0n) is 16.9. The molecular formula is C22H23NO6. The first-order valence-electron chi connectivity index (χ1n) is 9.06. The van der Waals surface area contributed by atoms with Crippen molar-refractivity contribution >= 4 is 11.8 Å². The number of hydrogen-bond acceptors (Lipinski definition) is 6. The van der Waals surface area contributed by atoms with E-state index in [-0.39, 0.29) is 18.0 Å². The highest BCUT2D eigenvalue weighted by Crippen LogP contribution is 2.28. The number of ether oxygens (including phenoxy) is 3. The first-order valence-corrected chi connectivity index (χ1v) is 9.06. The fraction of sp³-hybridized carbons (Fsp3) is 0.273. The van der Waals surface area contributed by atoms with Gasteiger partial charge in [-0.15, -0.1) is 0 Å². The van der Waals surface area contributed by atoms with Crippen LogP contribution in [0, 0.1) is 13.8 Å². The minimum Gasteiger partial charge on any atom is -0.493 e. The lowest BCUT2D eigenvalue weighted by Gasteiger charge is -2.10. The lowest BCUT2D eigenvalue weighted by Crippen LogP contribution is -2.15. The fourth-order valence-corrected chi connectivity index (χ4v) is 3.14. The maximum Gasteiger partial charge on any atom is 0.338 e. The van der Waals surface area contributed by atoms with E-state index in [0.717, 1.165) is 17.1 Å². The Balaban J connectivity index is 1.69. The largest absolute Gasteiger partial charge is 0.493 e. The SMILES string of the molecule is COc1ccc(C(=O)OCC(=O)c2cc(C)n(Cc3ccco3)c2C)cc1OC. The van der Waals surface area contributed by atoms with Gasteiger partial charge in [0.05, 0.1) is 32.6 Å². The van der Waals surface area contributed by atoms with Gasteiger partial charge in [-0.1, -0.05) is 0 Å². The summed E-state index contributed by atoms with van der Waals surface area (Å²) in [7, 11) is 2.99. The minimum atomic E-state index is -0.608. The Morgan fingerprint density at radius 3 is 2.45 bits per heavy atom. The molecule has 0 amide bonds. The summed E-state index contributed by atoms with van der Waals surface area (Å²) in [5, 5.41) is 0. The first kappa shape index (κ1) is 20.3. The monoisotopic (exact) mass is 397 g/mol. The molecule has 0 aliphatic heterocycles. The van der Waals surface area contributed by atoms with Crippen LogP contribution in [-0.4, -0.2) is 37.1 Å². The standard InChI is InChI=1S/C22H23NO6/c1-14-10-18(15(2)23(14)12-17-6-5-9-28-17)19(24)13-29-22(25)16-7-8-20(26-3)21(11-16)27-4/h5-11H,12-13H2,1-4H3. The van der Waals surface area contributed by atoms with Crippen LogP contribution in [0.1, 0.15) is 37.9 Å². The molecule has 2 heterocycles. The zero-order valence-corrected chi connectivity index (χ0v) is 16.9. The Labute approximate surface area is 168 Å². The number of benzene rings is 1. The van der Waals surface area contributed by atoms with Crippen molar-refractivity contribution in [2.45, 2.75) is 20.4 Å². The zero-order chi connectivity index (χ0) is 21.0. The number of aromatic nitrogens is 1. The molecule has 29 heavy (non-hydrogen) atoms. The van der Waals surface area contributed by atoms with Crippen molar-refractivity contribution in [3.63, 3.8) is 0 Å². The smallest absolute Gasteiger partial charge is 0.338 e. The molecule has 1 aromatic carbocycles. The third-order valence-electron chi connectivity index (χ3n) is 4.72. The molecule has 0 radical (unpaired) electrons. The van der Waals surface area contributed by atoms with Gasteiger partial charge in [0.2, 0.25) is 5.78 Å². The molecule has 0 bridgehead atoms. The Hall–Kier alpha value is -3.48. The Bertz CT molecular complexity index is 1020. The van der Waals surface area contributed by atoms with E-state index < -0.39 is 5.97 Å². The number of Topliss-reactive ketones (excluding diaryl/α,β-unsaturated/α-hetero) is 1. The molecule has 0 atom stereocenters. The summed E-state index contributed by atoms with van der Waals surface area (Å²) in [5.41, 5.74) is 2.52. The van der Waals surface area contributed by atoms with Gasteiger partial charge in [0.25, 0.3) is 0 Å². The van der Waals surface area contributed by atoms with Crippen LogP contribution in [0.4, 0.5) is 0 Å². The van der Waals surface area contributed by atoms with Crippen molar-refractivity contribution in [2.24, 2.45) is 0 Å². The molecule has 3 aromatic rings. The van der Waals surface area contributed by atoms with Crippen molar-refractivity contribution in [1.29, 1.82) is 0 Å². The second kappa shape index (κ2) is 8.68. The van der Waals surface area contributed by atoms with Gasteiger partial charge in [0.1, 0.15) is 5.76 Å². The first-order chi connectivity index (χ1) is 13.9. The van der Waals surface area contributed by atoms with E-state index in [2.05, 4.69) is 0 Å². The third kappa shape index (κ3) is 4.34. The number of ketones is 1. The molecule has 7 heteroatoms. The predicted octanol–water partition coefficient (Wildman–Crippen LogP) is 3.80. The van der Waals surface area contributed by atoms with Crippen molar-refractivity contribution in [1.82, 2.24) is 4.57 Å². The van der Waals surface area contributed by atoms with Gasteiger partial charge in [0, 0.05) is 17.0 Å². The number of methoxy groups -OCH3 is 2. The van der Waals surface area contributed by atoms with Gasteiger partial charge in [0.15, 0.2) is 18.1 Å². The molecule has 0 aliphatic rings. The lowest BCUT2D eigenvalue weighted by atomic mass is 10.1. The van der Waals surface area contributed by atoms with Crippen LogP contribution in [0.2, 0.25) is 0 Å². The lowest BCUT2D eigenvalue weighted by molar-refractivity contribution is 0.0474. The highest BCUT2D eigenvalue weighted by atomic mass is 16.5. The molecule has 152 valence electrons. The number of nitrogens with zero attached hydrogens (tertiary/aromatic N) is 1. The van der Waals surface area contributed by atoms with Gasteiger partial charge < -0.3 is 23.2 Å². The number of rotatable bonds is 8. The van der Waals surface area contributed by atoms with Crippen LogP contribution in [0.3, 0.4) is 0 Å². The van der Waals surface area contributed by atoms with E-state index in [0.29, 0.717) is 23.6 Å². The van der Waals surface area contributed by atoms with Crippen molar-refractivity contribution < 1.29 is 28.2 Å². The summed E-state index contributed by atoms with van der Waals surface area (Å²) in [6.07, 6.45) is 1.61. The second-order valence-corrected chi connectivity index (χ2v) is 6.52. The summed E-state index contributed by atoms with van der Waals surface area (Å²) in [6, 6.07) is 10.2. The number of hydrogen-bond donors (Lipinski definition) is 0. The Morgan fingerprint density at radius 1 is 1.03 bits per heavy atom. The van der Waals surface area contributed by atoms with Crippen LogP contribution in [0.15, 0.2) is 47.1 Å². The van der Waals surface area contributed by atoms with Gasteiger partial charge in [-0.05, 0) is 50.2 Å². The highest BCUT2D eigenvalue weighted by molar-refractivity contribution is 6.00. The molecule has 0 N–H and O–H groups in total. The average molecular weight is 397 g/mol. The molecule has 0 unspecified atom stereocenters. The second-order valence-electron chi connectivity index (χ2n) is 6.52. The van der Waals surface area contributed by atoms with Crippen molar-refractivity contribution in [3.05, 3.63) is 70.9 Å². The topological polar surface area (TPSA) is 79.9 Å². The Morgan fingerprint density at radius 2 is 1.79 bits per heavy atom. The normalized spacial score (nSPS) is 10.6. The maximum absolute atomic E-state index is 12.6. The maximum atomic E-state index is 12.6. The minimum absolute atomic E-state index is 0.266. The van der Waals surface area contributed by atoms with Crippen LogP contribution >= 0.6 is 0 Å². The van der Waals surface area contributed by atoms with Crippen LogP contribution in [0.25, 0.3) is 0 Å². The number of furan rings is 1. The fourth-order valence-electron chi connectivity index (χ4n) is 3.14. The number of esters is 1. The molecule has 0 spiro atoms. The average Bonchev–Trinajstić information content (AvgIpc) is 3.35. The van der Waals surface area contributed by atoms with Crippen LogP contribution in [-0.2, 0) is 11.3 Å². The van der Waals surface area contributed by atoms with Gasteiger partial charge in [-0.3, -0.25) is 4.79 Å². The van der Waals surface area contributed by atoms with Gasteiger partial charge in [-0.25, -0.2) is 4.79 Å².